The molecule has 0 aliphatic heterocycles. The Kier molecular flexibility index (Phi) is 4.97. The van der Waals surface area contributed by atoms with Crippen molar-refractivity contribution >= 4 is 0 Å². The Hall–Kier alpha value is -1.06. The first-order valence-corrected chi connectivity index (χ1v) is 5.71. The van der Waals surface area contributed by atoms with E-state index in [0.717, 1.165) is 16.9 Å². The van der Waals surface area contributed by atoms with E-state index in [1.165, 1.54) is 16.7 Å². The first-order chi connectivity index (χ1) is 8.08. The molecule has 0 unspecified atom stereocenters. The van der Waals surface area contributed by atoms with Gasteiger partial charge in [0.15, 0.2) is 0 Å². The summed E-state index contributed by atoms with van der Waals surface area (Å²) in [5.74, 6) is 0.940. The molecule has 0 atom stereocenters. The summed E-state index contributed by atoms with van der Waals surface area (Å²) in [5.41, 5.74) is 5.95. The lowest BCUT2D eigenvalue weighted by atomic mass is 9.93. The Labute approximate surface area is 104 Å². The fourth-order valence-corrected chi connectivity index (χ4v) is 2.33. The molecular formula is C14H22O3. The third-order valence-corrected chi connectivity index (χ3v) is 3.27. The maximum absolute atomic E-state index is 5.49. The predicted octanol–water partition coefficient (Wildman–Crippen LogP) is 2.91. The summed E-state index contributed by atoms with van der Waals surface area (Å²) in [6.07, 6.45) is 0. The summed E-state index contributed by atoms with van der Waals surface area (Å²) >= 11 is 0. The van der Waals surface area contributed by atoms with Crippen LogP contribution in [0.5, 0.6) is 5.75 Å². The fraction of sp³-hybridized carbons (Fsp3) is 0.571. The van der Waals surface area contributed by atoms with Crippen LogP contribution in [0.15, 0.2) is 0 Å². The van der Waals surface area contributed by atoms with Crippen LogP contribution in [-0.2, 0) is 22.7 Å². The first-order valence-electron chi connectivity index (χ1n) is 5.71. The highest BCUT2D eigenvalue weighted by Crippen LogP contribution is 2.33. The lowest BCUT2D eigenvalue weighted by Crippen LogP contribution is -2.07. The van der Waals surface area contributed by atoms with Gasteiger partial charge >= 0.3 is 0 Å². The minimum Gasteiger partial charge on any atom is -0.496 e. The molecule has 1 aromatic rings. The third kappa shape index (κ3) is 2.61. The van der Waals surface area contributed by atoms with E-state index in [-0.39, 0.29) is 0 Å². The zero-order valence-corrected chi connectivity index (χ0v) is 11.6. The van der Waals surface area contributed by atoms with Crippen LogP contribution in [0.1, 0.15) is 27.8 Å². The second-order valence-corrected chi connectivity index (χ2v) is 4.23. The van der Waals surface area contributed by atoms with Crippen LogP contribution in [0, 0.1) is 20.8 Å². The van der Waals surface area contributed by atoms with E-state index < -0.39 is 0 Å². The molecule has 0 aromatic heterocycles. The Morgan fingerprint density at radius 3 is 1.41 bits per heavy atom. The van der Waals surface area contributed by atoms with Gasteiger partial charge in [0.25, 0.3) is 0 Å². The lowest BCUT2D eigenvalue weighted by molar-refractivity contribution is 0.177. The molecule has 0 N–H and O–H groups in total. The summed E-state index contributed by atoms with van der Waals surface area (Å²) in [7, 11) is 5.13. The zero-order valence-electron chi connectivity index (χ0n) is 11.6. The molecular weight excluding hydrogens is 216 g/mol. The molecule has 3 heteroatoms. The van der Waals surface area contributed by atoms with Crippen LogP contribution in [0.25, 0.3) is 0 Å². The van der Waals surface area contributed by atoms with Crippen molar-refractivity contribution in [2.75, 3.05) is 21.3 Å². The molecule has 0 saturated heterocycles. The minimum atomic E-state index is 0.602. The largest absolute Gasteiger partial charge is 0.496 e. The van der Waals surface area contributed by atoms with Gasteiger partial charge in [-0.05, 0) is 48.6 Å². The SMILES string of the molecule is COCc1c(C)c(COC)c(C)c(OC)c1C. The second-order valence-electron chi connectivity index (χ2n) is 4.23. The molecule has 0 radical (unpaired) electrons. The number of benzene rings is 1. The van der Waals surface area contributed by atoms with Crippen LogP contribution in [0.2, 0.25) is 0 Å². The van der Waals surface area contributed by atoms with E-state index in [0.29, 0.717) is 13.2 Å². The molecule has 1 rings (SSSR count). The van der Waals surface area contributed by atoms with Crippen molar-refractivity contribution < 1.29 is 14.2 Å². The molecule has 0 amide bonds. The maximum Gasteiger partial charge on any atom is 0.125 e. The predicted molar refractivity (Wildman–Crippen MR) is 68.6 cm³/mol. The van der Waals surface area contributed by atoms with Crippen LogP contribution in [0.4, 0.5) is 0 Å². The summed E-state index contributed by atoms with van der Waals surface area (Å²) < 4.78 is 16.0. The smallest absolute Gasteiger partial charge is 0.125 e. The molecule has 17 heavy (non-hydrogen) atoms. The van der Waals surface area contributed by atoms with Crippen molar-refractivity contribution in [2.24, 2.45) is 0 Å². The van der Waals surface area contributed by atoms with Gasteiger partial charge in [-0.3, -0.25) is 0 Å². The van der Waals surface area contributed by atoms with Crippen molar-refractivity contribution in [1.82, 2.24) is 0 Å². The number of rotatable bonds is 5. The molecule has 0 aliphatic carbocycles. The average Bonchev–Trinajstić information content (AvgIpc) is 2.31. The Bertz CT molecular complexity index is 364. The standard InChI is InChI=1S/C14H22O3/c1-9-12(7-15-4)10(2)14(17-6)11(3)13(9)8-16-5/h7-8H2,1-6H3. The maximum atomic E-state index is 5.49. The second kappa shape index (κ2) is 6.03. The number of ether oxygens (including phenoxy) is 3. The molecule has 96 valence electrons. The van der Waals surface area contributed by atoms with Crippen molar-refractivity contribution in [3.63, 3.8) is 0 Å². The van der Waals surface area contributed by atoms with Crippen molar-refractivity contribution in [2.45, 2.75) is 34.0 Å². The molecule has 0 fully saturated rings. The number of hydrogen-bond donors (Lipinski definition) is 0. The molecule has 0 bridgehead atoms. The molecule has 0 heterocycles. The van der Waals surface area contributed by atoms with Gasteiger partial charge in [0, 0.05) is 14.2 Å². The van der Waals surface area contributed by atoms with E-state index in [9.17, 15) is 0 Å². The van der Waals surface area contributed by atoms with Gasteiger partial charge in [-0.25, -0.2) is 0 Å². The highest BCUT2D eigenvalue weighted by molar-refractivity contribution is 5.54. The number of hydrogen-bond acceptors (Lipinski definition) is 3. The van der Waals surface area contributed by atoms with Crippen LogP contribution in [0.3, 0.4) is 0 Å². The van der Waals surface area contributed by atoms with E-state index >= 15 is 0 Å². The topological polar surface area (TPSA) is 27.7 Å². The van der Waals surface area contributed by atoms with Gasteiger partial charge in [0.05, 0.1) is 20.3 Å². The lowest BCUT2D eigenvalue weighted by Gasteiger charge is -2.20. The minimum absolute atomic E-state index is 0.602. The van der Waals surface area contributed by atoms with Gasteiger partial charge in [-0.1, -0.05) is 0 Å². The Morgan fingerprint density at radius 2 is 1.12 bits per heavy atom. The first kappa shape index (κ1) is 14.0. The summed E-state index contributed by atoms with van der Waals surface area (Å²) in [6, 6.07) is 0. The quantitative estimate of drug-likeness (QED) is 0.789. The van der Waals surface area contributed by atoms with E-state index in [1.807, 2.05) is 0 Å². The van der Waals surface area contributed by atoms with Gasteiger partial charge in [0.1, 0.15) is 5.75 Å². The van der Waals surface area contributed by atoms with Crippen LogP contribution >= 0.6 is 0 Å². The summed E-state index contributed by atoms with van der Waals surface area (Å²) in [5, 5.41) is 0. The summed E-state index contributed by atoms with van der Waals surface area (Å²) in [4.78, 5) is 0. The molecule has 0 saturated carbocycles. The summed E-state index contributed by atoms with van der Waals surface area (Å²) in [6.45, 7) is 7.46. The van der Waals surface area contributed by atoms with Crippen molar-refractivity contribution in [3.8, 4) is 5.75 Å². The third-order valence-electron chi connectivity index (χ3n) is 3.27. The van der Waals surface area contributed by atoms with Crippen molar-refractivity contribution in [1.29, 1.82) is 0 Å². The van der Waals surface area contributed by atoms with Crippen LogP contribution in [-0.4, -0.2) is 21.3 Å². The van der Waals surface area contributed by atoms with E-state index in [1.54, 1.807) is 21.3 Å². The van der Waals surface area contributed by atoms with Gasteiger partial charge < -0.3 is 14.2 Å². The van der Waals surface area contributed by atoms with Gasteiger partial charge in [-0.2, -0.15) is 0 Å². The van der Waals surface area contributed by atoms with Crippen LogP contribution < -0.4 is 4.74 Å². The van der Waals surface area contributed by atoms with Crippen molar-refractivity contribution in [3.05, 3.63) is 27.8 Å². The Balaban J connectivity index is 3.45. The molecule has 0 spiro atoms. The zero-order chi connectivity index (χ0) is 13.0. The monoisotopic (exact) mass is 238 g/mol. The highest BCUT2D eigenvalue weighted by atomic mass is 16.5. The fourth-order valence-electron chi connectivity index (χ4n) is 2.33. The van der Waals surface area contributed by atoms with E-state index in [2.05, 4.69) is 20.8 Å². The normalized spacial score (nSPS) is 10.7. The van der Waals surface area contributed by atoms with E-state index in [4.69, 9.17) is 14.2 Å². The average molecular weight is 238 g/mol. The van der Waals surface area contributed by atoms with Gasteiger partial charge in [0.2, 0.25) is 0 Å². The highest BCUT2D eigenvalue weighted by Gasteiger charge is 2.17. The molecule has 1 aromatic carbocycles. The van der Waals surface area contributed by atoms with Gasteiger partial charge in [-0.15, -0.1) is 0 Å². The molecule has 3 nitrogen and oxygen atoms in total. The number of methoxy groups -OCH3 is 3. The Morgan fingerprint density at radius 1 is 0.706 bits per heavy atom. The molecule has 0 aliphatic rings.